The van der Waals surface area contributed by atoms with E-state index in [-0.39, 0.29) is 12.4 Å². The van der Waals surface area contributed by atoms with Crippen molar-refractivity contribution in [1.82, 2.24) is 10.2 Å². The quantitative estimate of drug-likeness (QED) is 0.667. The maximum absolute atomic E-state index is 3.47. The molecule has 0 bridgehead atoms. The van der Waals surface area contributed by atoms with Gasteiger partial charge in [0.1, 0.15) is 0 Å². The van der Waals surface area contributed by atoms with Gasteiger partial charge >= 0.3 is 0 Å². The lowest BCUT2D eigenvalue weighted by Gasteiger charge is -2.50. The Morgan fingerprint density at radius 2 is 2.08 bits per heavy atom. The van der Waals surface area contributed by atoms with Gasteiger partial charge in [-0.25, -0.2) is 0 Å². The van der Waals surface area contributed by atoms with Crippen LogP contribution in [0.15, 0.2) is 0 Å². The van der Waals surface area contributed by atoms with Gasteiger partial charge < -0.3 is 10.2 Å². The highest BCUT2D eigenvalue weighted by atomic mass is 35.5. The van der Waals surface area contributed by atoms with E-state index in [1.54, 1.807) is 0 Å². The molecule has 0 unspecified atom stereocenters. The first-order chi connectivity index (χ1) is 5.25. The Morgan fingerprint density at radius 3 is 2.42 bits per heavy atom. The fourth-order valence-corrected chi connectivity index (χ4v) is 2.75. The van der Waals surface area contributed by atoms with E-state index in [0.29, 0.717) is 5.41 Å². The third kappa shape index (κ3) is 1.36. The third-order valence-corrected chi connectivity index (χ3v) is 3.52. The van der Waals surface area contributed by atoms with Gasteiger partial charge in [0, 0.05) is 12.6 Å². The largest absolute Gasteiger partial charge is 0.316 e. The average molecular weight is 191 g/mol. The first-order valence-electron chi connectivity index (χ1n) is 4.62. The zero-order chi connectivity index (χ0) is 7.90. The van der Waals surface area contributed by atoms with Crippen molar-refractivity contribution < 1.29 is 0 Å². The number of nitrogens with zero attached hydrogens (tertiary/aromatic N) is 1. The van der Waals surface area contributed by atoms with Crippen LogP contribution in [0.3, 0.4) is 0 Å². The molecule has 1 aliphatic carbocycles. The number of hydrogen-bond acceptors (Lipinski definition) is 2. The summed E-state index contributed by atoms with van der Waals surface area (Å²) < 4.78 is 0. The highest BCUT2D eigenvalue weighted by Crippen LogP contribution is 2.47. The lowest BCUT2D eigenvalue weighted by molar-refractivity contribution is 0.0162. The maximum atomic E-state index is 3.47. The summed E-state index contributed by atoms with van der Waals surface area (Å²) >= 11 is 0. The molecule has 1 N–H and O–H groups in total. The van der Waals surface area contributed by atoms with E-state index in [1.165, 1.54) is 32.4 Å². The Balaban J connectivity index is 0.000000720. The molecule has 0 aromatic carbocycles. The second-order valence-electron chi connectivity index (χ2n) is 4.31. The van der Waals surface area contributed by atoms with Crippen LogP contribution in [0, 0.1) is 5.41 Å². The summed E-state index contributed by atoms with van der Waals surface area (Å²) in [7, 11) is 4.42. The third-order valence-electron chi connectivity index (χ3n) is 3.52. The van der Waals surface area contributed by atoms with Crippen LogP contribution in [0.4, 0.5) is 0 Å². The first kappa shape index (κ1) is 10.3. The summed E-state index contributed by atoms with van der Waals surface area (Å²) in [5.41, 5.74) is 0.670. The van der Waals surface area contributed by atoms with Crippen molar-refractivity contribution in [3.63, 3.8) is 0 Å². The molecule has 0 radical (unpaired) electrons. The standard InChI is InChI=1S/C9H18N2.ClH/c1-11(2)8-3-4-9(8)5-6-10-7-9;/h8,10H,3-7H2,1-2H3;1H/t8-,9-;/m1./s1. The van der Waals surface area contributed by atoms with Crippen molar-refractivity contribution in [2.75, 3.05) is 27.2 Å². The van der Waals surface area contributed by atoms with E-state index in [2.05, 4.69) is 24.3 Å². The van der Waals surface area contributed by atoms with Crippen LogP contribution in [0.2, 0.25) is 0 Å². The molecule has 0 amide bonds. The van der Waals surface area contributed by atoms with Crippen LogP contribution in [0.1, 0.15) is 19.3 Å². The van der Waals surface area contributed by atoms with Gasteiger partial charge in [0.05, 0.1) is 0 Å². The molecule has 2 aliphatic rings. The molecular weight excluding hydrogens is 172 g/mol. The Hall–Kier alpha value is 0.210. The van der Waals surface area contributed by atoms with Crippen molar-refractivity contribution in [3.05, 3.63) is 0 Å². The van der Waals surface area contributed by atoms with Gasteiger partial charge in [-0.05, 0) is 45.3 Å². The lowest BCUT2D eigenvalue weighted by Crippen LogP contribution is -2.53. The topological polar surface area (TPSA) is 15.3 Å². The molecule has 1 spiro atoms. The van der Waals surface area contributed by atoms with Gasteiger partial charge in [0.2, 0.25) is 0 Å². The summed E-state index contributed by atoms with van der Waals surface area (Å²) in [4.78, 5) is 2.40. The fourth-order valence-electron chi connectivity index (χ4n) is 2.75. The molecular formula is C9H19ClN2. The van der Waals surface area contributed by atoms with E-state index in [0.717, 1.165) is 6.04 Å². The Morgan fingerprint density at radius 1 is 1.33 bits per heavy atom. The van der Waals surface area contributed by atoms with Crippen LogP contribution >= 0.6 is 12.4 Å². The predicted molar refractivity (Wildman–Crippen MR) is 53.9 cm³/mol. The minimum Gasteiger partial charge on any atom is -0.316 e. The molecule has 0 aromatic rings. The van der Waals surface area contributed by atoms with Crippen LogP contribution in [0.25, 0.3) is 0 Å². The molecule has 2 fully saturated rings. The number of nitrogens with one attached hydrogen (secondary N) is 1. The molecule has 0 aromatic heterocycles. The molecule has 2 rings (SSSR count). The van der Waals surface area contributed by atoms with Gasteiger partial charge in [-0.15, -0.1) is 12.4 Å². The van der Waals surface area contributed by atoms with Crippen molar-refractivity contribution in [3.8, 4) is 0 Å². The van der Waals surface area contributed by atoms with Gasteiger partial charge in [-0.3, -0.25) is 0 Å². The first-order valence-corrected chi connectivity index (χ1v) is 4.62. The SMILES string of the molecule is CN(C)[C@@H]1CC[C@]12CCNC2.Cl. The number of hydrogen-bond donors (Lipinski definition) is 1. The number of rotatable bonds is 1. The van der Waals surface area contributed by atoms with Gasteiger partial charge in [-0.1, -0.05) is 0 Å². The number of halogens is 1. The molecule has 1 heterocycles. The molecule has 2 atom stereocenters. The predicted octanol–water partition coefficient (Wildman–Crippen LogP) is 1.11. The monoisotopic (exact) mass is 190 g/mol. The van der Waals surface area contributed by atoms with E-state index >= 15 is 0 Å². The summed E-state index contributed by atoms with van der Waals surface area (Å²) in [6.45, 7) is 2.50. The zero-order valence-corrected chi connectivity index (χ0v) is 8.78. The van der Waals surface area contributed by atoms with Gasteiger partial charge in [0.25, 0.3) is 0 Å². The van der Waals surface area contributed by atoms with Crippen molar-refractivity contribution >= 4 is 12.4 Å². The smallest absolute Gasteiger partial charge is 0.0158 e. The summed E-state index contributed by atoms with van der Waals surface area (Å²) in [6, 6.07) is 0.859. The summed E-state index contributed by atoms with van der Waals surface area (Å²) in [5.74, 6) is 0. The molecule has 1 aliphatic heterocycles. The van der Waals surface area contributed by atoms with Crippen molar-refractivity contribution in [2.45, 2.75) is 25.3 Å². The molecule has 2 nitrogen and oxygen atoms in total. The van der Waals surface area contributed by atoms with Crippen LogP contribution in [-0.2, 0) is 0 Å². The lowest BCUT2D eigenvalue weighted by atomic mass is 9.63. The van der Waals surface area contributed by atoms with E-state index in [4.69, 9.17) is 0 Å². The maximum Gasteiger partial charge on any atom is 0.0158 e. The highest BCUT2D eigenvalue weighted by Gasteiger charge is 2.48. The summed E-state index contributed by atoms with van der Waals surface area (Å²) in [6.07, 6.45) is 4.26. The summed E-state index contributed by atoms with van der Waals surface area (Å²) in [5, 5.41) is 3.47. The molecule has 3 heteroatoms. The second kappa shape index (κ2) is 3.52. The normalized spacial score (nSPS) is 39.8. The Labute approximate surface area is 81.1 Å². The minimum absolute atomic E-state index is 0. The van der Waals surface area contributed by atoms with Crippen molar-refractivity contribution in [1.29, 1.82) is 0 Å². The zero-order valence-electron chi connectivity index (χ0n) is 7.97. The van der Waals surface area contributed by atoms with Crippen molar-refractivity contribution in [2.24, 2.45) is 5.41 Å². The Bertz CT molecular complexity index is 153. The van der Waals surface area contributed by atoms with Crippen LogP contribution < -0.4 is 5.32 Å². The molecule has 72 valence electrons. The van der Waals surface area contributed by atoms with Gasteiger partial charge in [-0.2, -0.15) is 0 Å². The Kier molecular flexibility index (Phi) is 3.02. The van der Waals surface area contributed by atoms with Gasteiger partial charge in [0.15, 0.2) is 0 Å². The fraction of sp³-hybridized carbons (Fsp3) is 1.00. The van der Waals surface area contributed by atoms with E-state index in [1.807, 2.05) is 0 Å². The van der Waals surface area contributed by atoms with E-state index < -0.39 is 0 Å². The molecule has 1 saturated heterocycles. The van der Waals surface area contributed by atoms with Crippen LogP contribution in [0.5, 0.6) is 0 Å². The highest BCUT2D eigenvalue weighted by molar-refractivity contribution is 5.85. The van der Waals surface area contributed by atoms with Crippen LogP contribution in [-0.4, -0.2) is 38.1 Å². The molecule has 12 heavy (non-hydrogen) atoms. The molecule has 1 saturated carbocycles. The van der Waals surface area contributed by atoms with E-state index in [9.17, 15) is 0 Å². The second-order valence-corrected chi connectivity index (χ2v) is 4.31. The average Bonchev–Trinajstić information content (AvgIpc) is 2.31. The minimum atomic E-state index is 0.